The maximum Gasteiger partial charge on any atom is 0.256 e. The molecule has 0 spiro atoms. The Balaban J connectivity index is 1.35. The summed E-state index contributed by atoms with van der Waals surface area (Å²) in [7, 11) is 0. The third-order valence-electron chi connectivity index (χ3n) is 6.46. The maximum atomic E-state index is 13.2. The number of nitrogens with one attached hydrogen (secondary N) is 1. The van der Waals surface area contributed by atoms with Crippen molar-refractivity contribution < 1.29 is 9.18 Å². The van der Waals surface area contributed by atoms with E-state index >= 15 is 0 Å². The number of pyridine rings is 1. The summed E-state index contributed by atoms with van der Waals surface area (Å²) in [6.07, 6.45) is 2.49. The van der Waals surface area contributed by atoms with E-state index in [2.05, 4.69) is 14.9 Å². The molecule has 4 heterocycles. The van der Waals surface area contributed by atoms with Gasteiger partial charge in [-0.3, -0.25) is 19.5 Å². The molecule has 2 aliphatic rings. The quantitative estimate of drug-likeness (QED) is 0.665. The highest BCUT2D eigenvalue weighted by Crippen LogP contribution is 2.31. The molecule has 5 rings (SSSR count). The van der Waals surface area contributed by atoms with Gasteiger partial charge in [0.1, 0.15) is 11.6 Å². The van der Waals surface area contributed by atoms with Crippen LogP contribution in [0.25, 0.3) is 0 Å². The second-order valence-electron chi connectivity index (χ2n) is 8.76. The minimum absolute atomic E-state index is 0.0455. The van der Waals surface area contributed by atoms with Gasteiger partial charge >= 0.3 is 0 Å². The second kappa shape index (κ2) is 8.86. The lowest BCUT2D eigenvalue weighted by Gasteiger charge is -2.29. The van der Waals surface area contributed by atoms with Crippen LogP contribution >= 0.6 is 0 Å². The number of aromatic nitrogens is 3. The van der Waals surface area contributed by atoms with Gasteiger partial charge in [0.15, 0.2) is 0 Å². The van der Waals surface area contributed by atoms with E-state index in [1.54, 1.807) is 4.90 Å². The average Bonchev–Trinajstić information content (AvgIpc) is 3.27. The summed E-state index contributed by atoms with van der Waals surface area (Å²) in [5.41, 5.74) is 3.52. The predicted octanol–water partition coefficient (Wildman–Crippen LogP) is 3.15. The SMILES string of the molecule is Cc1cccc(CN2CCC[C@@H]2c2nc3c(c(=O)[nH]2)CN(C(=O)c2ccc(F)cc2)CC3)n1. The molecule has 1 fully saturated rings. The van der Waals surface area contributed by atoms with Crippen LogP contribution in [-0.2, 0) is 19.5 Å². The topological polar surface area (TPSA) is 82.2 Å². The van der Waals surface area contributed by atoms with Crippen molar-refractivity contribution in [1.82, 2.24) is 24.8 Å². The van der Waals surface area contributed by atoms with Gasteiger partial charge in [0.05, 0.1) is 29.5 Å². The number of rotatable bonds is 4. The van der Waals surface area contributed by atoms with Crippen molar-refractivity contribution >= 4 is 5.91 Å². The van der Waals surface area contributed by atoms with Crippen LogP contribution < -0.4 is 5.56 Å². The number of likely N-dealkylation sites (tertiary alicyclic amines) is 1. The lowest BCUT2D eigenvalue weighted by Crippen LogP contribution is -2.40. The predicted molar refractivity (Wildman–Crippen MR) is 121 cm³/mol. The first kappa shape index (κ1) is 21.5. The van der Waals surface area contributed by atoms with Gasteiger partial charge in [-0.25, -0.2) is 9.37 Å². The lowest BCUT2D eigenvalue weighted by atomic mass is 10.0. The Kier molecular flexibility index (Phi) is 5.76. The molecule has 0 unspecified atom stereocenters. The normalized spacial score (nSPS) is 18.4. The molecular formula is C25H26FN5O2. The third-order valence-corrected chi connectivity index (χ3v) is 6.46. The Morgan fingerprint density at radius 2 is 1.97 bits per heavy atom. The molecule has 0 saturated carbocycles. The number of aromatic amines is 1. The van der Waals surface area contributed by atoms with Gasteiger partial charge in [-0.1, -0.05) is 6.07 Å². The fourth-order valence-corrected chi connectivity index (χ4v) is 4.77. The van der Waals surface area contributed by atoms with Crippen LogP contribution in [0.2, 0.25) is 0 Å². The van der Waals surface area contributed by atoms with Gasteiger partial charge in [-0.2, -0.15) is 0 Å². The summed E-state index contributed by atoms with van der Waals surface area (Å²) in [5.74, 6) is 0.0989. The summed E-state index contributed by atoms with van der Waals surface area (Å²) in [5, 5.41) is 0. The first-order chi connectivity index (χ1) is 16.0. The minimum Gasteiger partial charge on any atom is -0.334 e. The van der Waals surface area contributed by atoms with Gasteiger partial charge in [0, 0.05) is 30.8 Å². The van der Waals surface area contributed by atoms with Crippen molar-refractivity contribution in [1.29, 1.82) is 0 Å². The van der Waals surface area contributed by atoms with Crippen LogP contribution in [0.15, 0.2) is 47.3 Å². The van der Waals surface area contributed by atoms with Crippen LogP contribution in [0.1, 0.15) is 57.7 Å². The molecule has 1 amide bonds. The molecule has 0 bridgehead atoms. The number of benzene rings is 1. The molecule has 170 valence electrons. The van der Waals surface area contributed by atoms with E-state index < -0.39 is 0 Å². The van der Waals surface area contributed by atoms with E-state index in [9.17, 15) is 14.0 Å². The number of carbonyl (C=O) groups excluding carboxylic acids is 1. The molecule has 1 saturated heterocycles. The number of nitrogens with zero attached hydrogens (tertiary/aromatic N) is 4. The molecule has 3 aromatic rings. The largest absolute Gasteiger partial charge is 0.334 e. The summed E-state index contributed by atoms with van der Waals surface area (Å²) >= 11 is 0. The molecular weight excluding hydrogens is 421 g/mol. The van der Waals surface area contributed by atoms with Crippen LogP contribution in [0.3, 0.4) is 0 Å². The lowest BCUT2D eigenvalue weighted by molar-refractivity contribution is 0.0732. The van der Waals surface area contributed by atoms with Gasteiger partial charge in [0.2, 0.25) is 0 Å². The summed E-state index contributed by atoms with van der Waals surface area (Å²) in [4.78, 5) is 42.2. The zero-order valence-corrected chi connectivity index (χ0v) is 18.6. The highest BCUT2D eigenvalue weighted by molar-refractivity contribution is 5.94. The fraction of sp³-hybridized carbons (Fsp3) is 0.360. The zero-order valence-electron chi connectivity index (χ0n) is 18.6. The van der Waals surface area contributed by atoms with E-state index in [0.29, 0.717) is 36.5 Å². The van der Waals surface area contributed by atoms with Gasteiger partial charge in [-0.05, 0) is 62.7 Å². The van der Waals surface area contributed by atoms with E-state index in [1.807, 2.05) is 25.1 Å². The first-order valence-corrected chi connectivity index (χ1v) is 11.3. The Morgan fingerprint density at radius 1 is 1.15 bits per heavy atom. The number of amides is 1. The van der Waals surface area contributed by atoms with Crippen molar-refractivity contribution in [3.05, 3.63) is 92.7 Å². The van der Waals surface area contributed by atoms with Crippen LogP contribution in [0.4, 0.5) is 4.39 Å². The molecule has 33 heavy (non-hydrogen) atoms. The molecule has 8 heteroatoms. The van der Waals surface area contributed by atoms with E-state index in [1.165, 1.54) is 24.3 Å². The molecule has 1 atom stereocenters. The monoisotopic (exact) mass is 447 g/mol. The smallest absolute Gasteiger partial charge is 0.256 e. The Hall–Kier alpha value is -3.39. The number of hydrogen-bond donors (Lipinski definition) is 1. The number of carbonyl (C=O) groups is 1. The number of halogens is 1. The van der Waals surface area contributed by atoms with Crippen molar-refractivity contribution in [3.63, 3.8) is 0 Å². The third kappa shape index (κ3) is 4.43. The van der Waals surface area contributed by atoms with Crippen molar-refractivity contribution in [2.45, 2.75) is 45.3 Å². The maximum absolute atomic E-state index is 13.2. The fourth-order valence-electron chi connectivity index (χ4n) is 4.77. The Labute approximate surface area is 191 Å². The molecule has 2 aromatic heterocycles. The summed E-state index contributed by atoms with van der Waals surface area (Å²) < 4.78 is 13.2. The van der Waals surface area contributed by atoms with Crippen molar-refractivity contribution in [2.24, 2.45) is 0 Å². The number of aryl methyl sites for hydroxylation is 1. The molecule has 1 aromatic carbocycles. The molecule has 2 aliphatic heterocycles. The van der Waals surface area contributed by atoms with Crippen molar-refractivity contribution in [2.75, 3.05) is 13.1 Å². The highest BCUT2D eigenvalue weighted by Gasteiger charge is 2.31. The molecule has 0 radical (unpaired) electrons. The molecule has 0 aliphatic carbocycles. The second-order valence-corrected chi connectivity index (χ2v) is 8.76. The Morgan fingerprint density at radius 3 is 2.76 bits per heavy atom. The van der Waals surface area contributed by atoms with Crippen LogP contribution in [0.5, 0.6) is 0 Å². The first-order valence-electron chi connectivity index (χ1n) is 11.3. The number of H-pyrrole nitrogens is 1. The molecule has 1 N–H and O–H groups in total. The van der Waals surface area contributed by atoms with E-state index in [-0.39, 0.29) is 29.9 Å². The number of hydrogen-bond acceptors (Lipinski definition) is 5. The highest BCUT2D eigenvalue weighted by atomic mass is 19.1. The standard InChI is InChI=1S/C25H26FN5O2/c1-16-4-2-5-19(27-16)14-30-12-3-6-22(30)23-28-21-11-13-31(15-20(21)24(32)29-23)25(33)17-7-9-18(26)10-8-17/h2,4-5,7-10,22H,3,6,11-15H2,1H3,(H,28,29,32)/t22-/m1/s1. The molecule has 7 nitrogen and oxygen atoms in total. The van der Waals surface area contributed by atoms with Crippen LogP contribution in [-0.4, -0.2) is 43.7 Å². The zero-order chi connectivity index (χ0) is 22.9. The van der Waals surface area contributed by atoms with Gasteiger partial charge in [0.25, 0.3) is 11.5 Å². The average molecular weight is 448 g/mol. The van der Waals surface area contributed by atoms with E-state index in [4.69, 9.17) is 4.98 Å². The summed E-state index contributed by atoms with van der Waals surface area (Å²) in [6, 6.07) is 11.5. The van der Waals surface area contributed by atoms with Gasteiger partial charge < -0.3 is 9.88 Å². The van der Waals surface area contributed by atoms with Gasteiger partial charge in [-0.15, -0.1) is 0 Å². The Bertz CT molecular complexity index is 1240. The van der Waals surface area contributed by atoms with Crippen molar-refractivity contribution in [3.8, 4) is 0 Å². The summed E-state index contributed by atoms with van der Waals surface area (Å²) in [6.45, 7) is 4.31. The van der Waals surface area contributed by atoms with E-state index in [0.717, 1.165) is 36.5 Å². The van der Waals surface area contributed by atoms with Crippen LogP contribution in [0, 0.1) is 12.7 Å². The number of fused-ring (bicyclic) bond motifs is 1. The minimum atomic E-state index is -0.386.